The van der Waals surface area contributed by atoms with E-state index in [1.807, 2.05) is 20.8 Å². The average molecular weight is 422 g/mol. The van der Waals surface area contributed by atoms with E-state index in [2.05, 4.69) is 16.0 Å². The van der Waals surface area contributed by atoms with E-state index in [0.717, 1.165) is 0 Å². The van der Waals surface area contributed by atoms with Crippen LogP contribution in [0.15, 0.2) is 36.4 Å². The van der Waals surface area contributed by atoms with Crippen LogP contribution in [0.25, 0.3) is 0 Å². The molecule has 0 radical (unpaired) electrons. The Balaban J connectivity index is 2.39. The second-order valence-electron chi connectivity index (χ2n) is 5.63. The molecule has 28 heavy (non-hydrogen) atoms. The van der Waals surface area contributed by atoms with Gasteiger partial charge in [-0.15, -0.1) is 0 Å². The molecule has 0 aromatic heterocycles. The maximum absolute atomic E-state index is 12.7. The highest BCUT2D eigenvalue weighted by Crippen LogP contribution is 2.37. The van der Waals surface area contributed by atoms with Crippen molar-refractivity contribution in [3.8, 4) is 11.5 Å². The first-order valence-corrected chi connectivity index (χ1v) is 9.83. The van der Waals surface area contributed by atoms with Crippen LogP contribution in [0.3, 0.4) is 0 Å². The summed E-state index contributed by atoms with van der Waals surface area (Å²) in [5, 5.41) is 9.82. The van der Waals surface area contributed by atoms with Crippen molar-refractivity contribution in [1.29, 1.82) is 0 Å². The van der Waals surface area contributed by atoms with Crippen LogP contribution in [-0.4, -0.2) is 30.8 Å². The predicted molar refractivity (Wildman–Crippen MR) is 118 cm³/mol. The highest BCUT2D eigenvalue weighted by Gasteiger charge is 2.17. The second-order valence-corrected chi connectivity index (χ2v) is 6.44. The van der Waals surface area contributed by atoms with E-state index in [-0.39, 0.29) is 5.91 Å². The largest absolute Gasteiger partial charge is 0.492 e. The van der Waals surface area contributed by atoms with Crippen LogP contribution in [0.5, 0.6) is 11.5 Å². The Hall–Kier alpha value is -2.51. The second kappa shape index (κ2) is 10.7. The number of halogens is 1. The summed E-state index contributed by atoms with van der Waals surface area (Å²) in [6.07, 6.45) is 0. The van der Waals surface area contributed by atoms with Crippen LogP contribution in [0.4, 0.5) is 11.4 Å². The number of hydrogen-bond acceptors (Lipinski definition) is 4. The topological polar surface area (TPSA) is 71.6 Å². The summed E-state index contributed by atoms with van der Waals surface area (Å²) in [5.41, 5.74) is 1.50. The average Bonchev–Trinajstić information content (AvgIpc) is 2.65. The van der Waals surface area contributed by atoms with E-state index < -0.39 is 0 Å². The Bertz CT molecular complexity index is 845. The summed E-state index contributed by atoms with van der Waals surface area (Å²) < 4.78 is 11.4. The number of thiocarbonyl (C=S) groups is 1. The van der Waals surface area contributed by atoms with Gasteiger partial charge in [-0.1, -0.05) is 23.7 Å². The van der Waals surface area contributed by atoms with Crippen LogP contribution in [-0.2, 0) is 0 Å². The molecule has 150 valence electrons. The zero-order valence-electron chi connectivity index (χ0n) is 16.1. The van der Waals surface area contributed by atoms with Crippen molar-refractivity contribution in [3.63, 3.8) is 0 Å². The molecule has 0 bridgehead atoms. The minimum atomic E-state index is -0.335. The molecule has 2 aromatic carbocycles. The normalized spacial score (nSPS) is 10.1. The Morgan fingerprint density at radius 2 is 1.57 bits per heavy atom. The number of carbonyl (C=O) groups excluding carboxylic acids is 1. The third-order valence-corrected chi connectivity index (χ3v) is 4.21. The molecule has 0 aliphatic heterocycles. The Morgan fingerprint density at radius 1 is 1.00 bits per heavy atom. The molecule has 0 unspecified atom stereocenters. The lowest BCUT2D eigenvalue weighted by molar-refractivity contribution is 0.102. The quantitative estimate of drug-likeness (QED) is 0.537. The Kier molecular flexibility index (Phi) is 8.35. The molecule has 2 aromatic rings. The van der Waals surface area contributed by atoms with Crippen molar-refractivity contribution in [3.05, 3.63) is 47.0 Å². The van der Waals surface area contributed by atoms with E-state index >= 15 is 0 Å². The van der Waals surface area contributed by atoms with Gasteiger partial charge < -0.3 is 25.4 Å². The minimum absolute atomic E-state index is 0.335. The summed E-state index contributed by atoms with van der Waals surface area (Å²) in [6.45, 7) is 7.28. The van der Waals surface area contributed by atoms with E-state index in [4.69, 9.17) is 33.3 Å². The van der Waals surface area contributed by atoms with Gasteiger partial charge in [0, 0.05) is 18.7 Å². The minimum Gasteiger partial charge on any atom is -0.492 e. The number of benzene rings is 2. The molecule has 0 heterocycles. The molecule has 0 aliphatic rings. The molecule has 3 N–H and O–H groups in total. The summed E-state index contributed by atoms with van der Waals surface area (Å²) in [5.74, 6) is 0.701. The third-order valence-electron chi connectivity index (χ3n) is 3.63. The van der Waals surface area contributed by atoms with Crippen molar-refractivity contribution in [1.82, 2.24) is 5.32 Å². The van der Waals surface area contributed by atoms with Crippen molar-refractivity contribution >= 4 is 46.2 Å². The summed E-state index contributed by atoms with van der Waals surface area (Å²) in [6, 6.07) is 10.3. The first kappa shape index (κ1) is 21.8. The molecule has 6 nitrogen and oxygen atoms in total. The highest BCUT2D eigenvalue weighted by molar-refractivity contribution is 7.80. The van der Waals surface area contributed by atoms with Crippen LogP contribution in [0, 0.1) is 0 Å². The molecule has 2 rings (SSSR count). The number of rotatable bonds is 8. The first-order valence-electron chi connectivity index (χ1n) is 9.04. The van der Waals surface area contributed by atoms with Crippen molar-refractivity contribution in [2.24, 2.45) is 0 Å². The van der Waals surface area contributed by atoms with E-state index in [1.54, 1.807) is 36.4 Å². The number of amides is 1. The zero-order valence-corrected chi connectivity index (χ0v) is 17.7. The standard InChI is InChI=1S/C20H24ClN3O3S/c1-4-22-20(28)24-16-12-17(26-5-2)15(11-18(16)27-6-3)23-19(25)13-9-7-8-10-14(13)21/h7-12H,4-6H2,1-3H3,(H,23,25)(H2,22,24,28). The molecule has 0 atom stereocenters. The summed E-state index contributed by atoms with van der Waals surface area (Å²) in [4.78, 5) is 12.7. The molecule has 0 aliphatic carbocycles. The van der Waals surface area contributed by atoms with Crippen LogP contribution < -0.4 is 25.4 Å². The van der Waals surface area contributed by atoms with Crippen molar-refractivity contribution in [2.45, 2.75) is 20.8 Å². The van der Waals surface area contributed by atoms with Gasteiger partial charge in [0.25, 0.3) is 5.91 Å². The van der Waals surface area contributed by atoms with Gasteiger partial charge in [-0.25, -0.2) is 0 Å². The van der Waals surface area contributed by atoms with Crippen LogP contribution in [0.1, 0.15) is 31.1 Å². The van der Waals surface area contributed by atoms with Crippen LogP contribution in [0.2, 0.25) is 5.02 Å². The zero-order chi connectivity index (χ0) is 20.5. The molecular weight excluding hydrogens is 398 g/mol. The van der Waals surface area contributed by atoms with E-state index in [1.165, 1.54) is 0 Å². The number of hydrogen-bond donors (Lipinski definition) is 3. The summed E-state index contributed by atoms with van der Waals surface area (Å²) in [7, 11) is 0. The van der Waals surface area contributed by atoms with E-state index in [9.17, 15) is 4.79 Å². The Labute approximate surface area is 175 Å². The number of anilines is 2. The van der Waals surface area contributed by atoms with Crippen molar-refractivity contribution in [2.75, 3.05) is 30.4 Å². The van der Waals surface area contributed by atoms with Crippen molar-refractivity contribution < 1.29 is 14.3 Å². The molecule has 0 saturated carbocycles. The molecule has 0 saturated heterocycles. The maximum Gasteiger partial charge on any atom is 0.257 e. The van der Waals surface area contributed by atoms with Gasteiger partial charge in [0.1, 0.15) is 11.5 Å². The van der Waals surface area contributed by atoms with Crippen LogP contribution >= 0.6 is 23.8 Å². The van der Waals surface area contributed by atoms with Gasteiger partial charge in [0.2, 0.25) is 0 Å². The highest BCUT2D eigenvalue weighted by atomic mass is 35.5. The summed E-state index contributed by atoms with van der Waals surface area (Å²) >= 11 is 11.4. The lowest BCUT2D eigenvalue weighted by Crippen LogP contribution is -2.28. The fraction of sp³-hybridized carbons (Fsp3) is 0.300. The smallest absolute Gasteiger partial charge is 0.257 e. The molecule has 0 fully saturated rings. The molecule has 8 heteroatoms. The number of ether oxygens (including phenoxy) is 2. The monoisotopic (exact) mass is 421 g/mol. The SMILES string of the molecule is CCNC(=S)Nc1cc(OCC)c(NC(=O)c2ccccc2Cl)cc1OCC. The maximum atomic E-state index is 12.7. The lowest BCUT2D eigenvalue weighted by atomic mass is 10.2. The predicted octanol–water partition coefficient (Wildman–Crippen LogP) is 4.70. The van der Waals surface area contributed by atoms with Gasteiger partial charge in [-0.05, 0) is 45.1 Å². The van der Waals surface area contributed by atoms with Gasteiger partial charge in [-0.3, -0.25) is 4.79 Å². The van der Waals surface area contributed by atoms with Gasteiger partial charge in [0.05, 0.1) is 35.2 Å². The van der Waals surface area contributed by atoms with Gasteiger partial charge >= 0.3 is 0 Å². The molecule has 1 amide bonds. The van der Waals surface area contributed by atoms with E-state index in [0.29, 0.717) is 58.3 Å². The van der Waals surface area contributed by atoms with Gasteiger partial charge in [-0.2, -0.15) is 0 Å². The number of nitrogens with one attached hydrogen (secondary N) is 3. The lowest BCUT2D eigenvalue weighted by Gasteiger charge is -2.19. The van der Waals surface area contributed by atoms with Gasteiger partial charge in [0.15, 0.2) is 5.11 Å². The number of carbonyl (C=O) groups is 1. The fourth-order valence-electron chi connectivity index (χ4n) is 2.47. The Morgan fingerprint density at radius 3 is 2.11 bits per heavy atom. The molecule has 0 spiro atoms. The first-order chi connectivity index (χ1) is 13.5. The molecular formula is C20H24ClN3O3S. The third kappa shape index (κ3) is 5.74. The fourth-order valence-corrected chi connectivity index (χ4v) is 2.94.